The molecule has 0 aliphatic carbocycles. The summed E-state index contributed by atoms with van der Waals surface area (Å²) in [5.74, 6) is -0.268. The Bertz CT molecular complexity index is 413. The van der Waals surface area contributed by atoms with E-state index in [2.05, 4.69) is 4.72 Å². The van der Waals surface area contributed by atoms with Gasteiger partial charge in [-0.1, -0.05) is 13.8 Å². The van der Waals surface area contributed by atoms with Gasteiger partial charge >= 0.3 is 0 Å². The molecule has 1 unspecified atom stereocenters. The fraction of sp³-hybridized carbons (Fsp3) is 0.909. The molecule has 1 saturated heterocycles. The number of aliphatic hydroxyl groups is 2. The minimum Gasteiger partial charge on any atom is -0.388 e. The van der Waals surface area contributed by atoms with E-state index >= 15 is 0 Å². The van der Waals surface area contributed by atoms with E-state index in [4.69, 9.17) is 0 Å². The van der Waals surface area contributed by atoms with E-state index in [-0.39, 0.29) is 19.0 Å². The van der Waals surface area contributed by atoms with Crippen molar-refractivity contribution in [3.8, 4) is 0 Å². The molecule has 0 radical (unpaired) electrons. The second kappa shape index (κ2) is 6.17. The Balaban J connectivity index is 2.77. The van der Waals surface area contributed by atoms with Gasteiger partial charge in [0.25, 0.3) is 0 Å². The zero-order chi connectivity index (χ0) is 14.8. The molecule has 1 rings (SSSR count). The van der Waals surface area contributed by atoms with E-state index in [0.29, 0.717) is 6.42 Å². The number of nitrogens with one attached hydrogen (secondary N) is 1. The quantitative estimate of drug-likeness (QED) is 0.573. The second-order valence-corrected chi connectivity index (χ2v) is 7.23. The van der Waals surface area contributed by atoms with Gasteiger partial charge < -0.3 is 15.1 Å². The zero-order valence-electron chi connectivity index (χ0n) is 11.4. The maximum Gasteiger partial charge on any atom is 0.240 e. The number of hydrogen-bond acceptors (Lipinski definition) is 5. The predicted molar refractivity (Wildman–Crippen MR) is 69.8 cm³/mol. The molecule has 0 saturated carbocycles. The Morgan fingerprint density at radius 2 is 1.79 bits per heavy atom. The largest absolute Gasteiger partial charge is 0.388 e. The van der Waals surface area contributed by atoms with Gasteiger partial charge in [0.1, 0.15) is 6.04 Å². The van der Waals surface area contributed by atoms with Crippen LogP contribution in [0.4, 0.5) is 0 Å². The van der Waals surface area contributed by atoms with Crippen LogP contribution in [-0.2, 0) is 14.8 Å². The van der Waals surface area contributed by atoms with E-state index in [0.717, 1.165) is 6.26 Å². The molecule has 3 atom stereocenters. The van der Waals surface area contributed by atoms with Crippen LogP contribution in [0, 0.1) is 5.92 Å². The number of nitrogens with zero attached hydrogens (tertiary/aromatic N) is 1. The lowest BCUT2D eigenvalue weighted by Gasteiger charge is -2.24. The number of likely N-dealkylation sites (tertiary alicyclic amines) is 1. The summed E-state index contributed by atoms with van der Waals surface area (Å²) in [6.07, 6.45) is -0.570. The molecule has 7 nitrogen and oxygen atoms in total. The first kappa shape index (κ1) is 16.4. The number of carbonyl (C=O) groups excluding carboxylic acids is 1. The zero-order valence-corrected chi connectivity index (χ0v) is 12.2. The number of rotatable bonds is 5. The third kappa shape index (κ3) is 5.06. The van der Waals surface area contributed by atoms with E-state index < -0.39 is 34.2 Å². The number of hydrogen-bond donors (Lipinski definition) is 3. The molecular formula is C11H22N2O5S. The van der Waals surface area contributed by atoms with Gasteiger partial charge in [-0.3, -0.25) is 4.79 Å². The van der Waals surface area contributed by atoms with Crippen LogP contribution >= 0.6 is 0 Å². The molecule has 1 heterocycles. The van der Waals surface area contributed by atoms with Crippen molar-refractivity contribution in [1.29, 1.82) is 0 Å². The molecule has 1 aliphatic heterocycles. The highest BCUT2D eigenvalue weighted by Gasteiger charge is 2.36. The van der Waals surface area contributed by atoms with Crippen LogP contribution in [0.5, 0.6) is 0 Å². The van der Waals surface area contributed by atoms with Crippen LogP contribution in [-0.4, -0.2) is 67.0 Å². The molecule has 1 amide bonds. The summed E-state index contributed by atoms with van der Waals surface area (Å²) < 4.78 is 24.9. The maximum atomic E-state index is 12.2. The number of sulfonamides is 1. The lowest BCUT2D eigenvalue weighted by Crippen LogP contribution is -2.48. The molecular weight excluding hydrogens is 272 g/mol. The van der Waals surface area contributed by atoms with Crippen molar-refractivity contribution >= 4 is 15.9 Å². The number of amides is 1. The topological polar surface area (TPSA) is 107 Å². The first-order valence-electron chi connectivity index (χ1n) is 6.22. The van der Waals surface area contributed by atoms with E-state index in [1.807, 2.05) is 13.8 Å². The van der Waals surface area contributed by atoms with E-state index in [1.165, 1.54) is 4.90 Å². The normalized spacial score (nSPS) is 25.9. The summed E-state index contributed by atoms with van der Waals surface area (Å²) in [6, 6.07) is -0.854. The Kier molecular flexibility index (Phi) is 5.31. The summed E-state index contributed by atoms with van der Waals surface area (Å²) in [5.41, 5.74) is 0. The fourth-order valence-corrected chi connectivity index (χ4v) is 2.81. The van der Waals surface area contributed by atoms with Crippen molar-refractivity contribution in [2.24, 2.45) is 5.92 Å². The van der Waals surface area contributed by atoms with Crippen LogP contribution in [0.1, 0.15) is 20.3 Å². The highest BCUT2D eigenvalue weighted by Crippen LogP contribution is 2.15. The molecule has 19 heavy (non-hydrogen) atoms. The Morgan fingerprint density at radius 1 is 1.32 bits per heavy atom. The van der Waals surface area contributed by atoms with Crippen LogP contribution in [0.15, 0.2) is 0 Å². The fourth-order valence-electron chi connectivity index (χ4n) is 2.10. The molecule has 112 valence electrons. The molecule has 1 aliphatic rings. The van der Waals surface area contributed by atoms with Gasteiger partial charge in [0.05, 0.1) is 18.5 Å². The third-order valence-corrected chi connectivity index (χ3v) is 3.64. The average molecular weight is 294 g/mol. The molecule has 0 aromatic carbocycles. The van der Waals surface area contributed by atoms with Gasteiger partial charge in [-0.15, -0.1) is 0 Å². The minimum absolute atomic E-state index is 0.0278. The first-order chi connectivity index (χ1) is 8.60. The number of β-amino-alcohol motifs (C(OH)–C–C–N with tert-alkyl or cyclic N) is 2. The number of carbonyl (C=O) groups is 1. The van der Waals surface area contributed by atoms with Crippen LogP contribution in [0.2, 0.25) is 0 Å². The van der Waals surface area contributed by atoms with Crippen molar-refractivity contribution in [2.45, 2.75) is 38.5 Å². The Hall–Kier alpha value is -0.700. The van der Waals surface area contributed by atoms with Crippen molar-refractivity contribution in [1.82, 2.24) is 9.62 Å². The molecule has 8 heteroatoms. The Labute approximate surface area is 113 Å². The maximum absolute atomic E-state index is 12.2. The van der Waals surface area contributed by atoms with Crippen molar-refractivity contribution in [3.63, 3.8) is 0 Å². The van der Waals surface area contributed by atoms with Crippen molar-refractivity contribution < 1.29 is 23.4 Å². The molecule has 0 aromatic rings. The van der Waals surface area contributed by atoms with E-state index in [1.54, 1.807) is 0 Å². The van der Waals surface area contributed by atoms with Gasteiger partial charge in [0.2, 0.25) is 15.9 Å². The summed E-state index contributed by atoms with van der Waals surface area (Å²) in [7, 11) is -3.49. The van der Waals surface area contributed by atoms with Gasteiger partial charge in [-0.2, -0.15) is 0 Å². The van der Waals surface area contributed by atoms with Crippen molar-refractivity contribution in [2.75, 3.05) is 19.3 Å². The highest BCUT2D eigenvalue weighted by molar-refractivity contribution is 7.88. The lowest BCUT2D eigenvalue weighted by atomic mass is 10.0. The van der Waals surface area contributed by atoms with E-state index in [9.17, 15) is 23.4 Å². The summed E-state index contributed by atoms with van der Waals surface area (Å²) in [4.78, 5) is 13.5. The molecule has 0 bridgehead atoms. The highest BCUT2D eigenvalue weighted by atomic mass is 32.2. The van der Waals surface area contributed by atoms with Gasteiger partial charge in [-0.05, 0) is 12.3 Å². The summed E-state index contributed by atoms with van der Waals surface area (Å²) >= 11 is 0. The van der Waals surface area contributed by atoms with Gasteiger partial charge in [0.15, 0.2) is 0 Å². The summed E-state index contributed by atoms with van der Waals surface area (Å²) in [6.45, 7) is 3.83. The SMILES string of the molecule is CC(C)CC(NS(C)(=O)=O)C(=O)N1C[C@@H](O)[C@@H](O)C1. The third-order valence-electron chi connectivity index (χ3n) is 2.93. The smallest absolute Gasteiger partial charge is 0.240 e. The minimum atomic E-state index is -3.49. The lowest BCUT2D eigenvalue weighted by molar-refractivity contribution is -0.132. The van der Waals surface area contributed by atoms with Crippen LogP contribution in [0.3, 0.4) is 0 Å². The summed E-state index contributed by atoms with van der Waals surface area (Å²) in [5, 5.41) is 18.9. The van der Waals surface area contributed by atoms with Crippen molar-refractivity contribution in [3.05, 3.63) is 0 Å². The van der Waals surface area contributed by atoms with Crippen LogP contribution < -0.4 is 4.72 Å². The molecule has 0 spiro atoms. The molecule has 3 N–H and O–H groups in total. The molecule has 0 aromatic heterocycles. The average Bonchev–Trinajstić information content (AvgIpc) is 2.54. The predicted octanol–water partition coefficient (Wildman–Crippen LogP) is -1.49. The molecule has 1 fully saturated rings. The van der Waals surface area contributed by atoms with Crippen LogP contribution in [0.25, 0.3) is 0 Å². The van der Waals surface area contributed by atoms with Gasteiger partial charge in [0, 0.05) is 13.1 Å². The Morgan fingerprint density at radius 3 is 2.16 bits per heavy atom. The number of aliphatic hydroxyl groups excluding tert-OH is 2. The standard InChI is InChI=1S/C11H22N2O5S/c1-7(2)4-8(12-19(3,17)18)11(16)13-5-9(14)10(15)6-13/h7-10,12,14-15H,4-6H2,1-3H3/t8?,9-,10+. The van der Waals surface area contributed by atoms with Gasteiger partial charge in [-0.25, -0.2) is 13.1 Å². The monoisotopic (exact) mass is 294 g/mol. The first-order valence-corrected chi connectivity index (χ1v) is 8.11. The second-order valence-electron chi connectivity index (χ2n) is 5.45.